The number of amides is 3. The highest BCUT2D eigenvalue weighted by Gasteiger charge is 2.54. The second-order valence-corrected chi connectivity index (χ2v) is 14.0. The van der Waals surface area contributed by atoms with E-state index in [-0.39, 0.29) is 22.3 Å². The smallest absolute Gasteiger partial charge is 0.353 e. The van der Waals surface area contributed by atoms with Gasteiger partial charge in [-0.3, -0.25) is 29.4 Å². The van der Waals surface area contributed by atoms with Gasteiger partial charge in [-0.1, -0.05) is 34.5 Å². The summed E-state index contributed by atoms with van der Waals surface area (Å²) in [7, 11) is 0. The Morgan fingerprint density at radius 3 is 2.63 bits per heavy atom. The number of halogens is 2. The number of thioether (sulfide) groups is 3. The Labute approximate surface area is 259 Å². The maximum atomic E-state index is 13.0. The summed E-state index contributed by atoms with van der Waals surface area (Å²) in [5.74, 6) is -3.83. The number of anilines is 1. The van der Waals surface area contributed by atoms with E-state index in [1.807, 2.05) is 0 Å². The minimum absolute atomic E-state index is 0.0126. The highest BCUT2D eigenvalue weighted by molar-refractivity contribution is 8.01. The number of aromatic nitrogens is 1. The fourth-order valence-electron chi connectivity index (χ4n) is 3.73. The minimum atomic E-state index is -1.32. The van der Waals surface area contributed by atoms with Gasteiger partial charge in [-0.25, -0.2) is 9.78 Å². The van der Waals surface area contributed by atoms with Crippen LogP contribution in [0.15, 0.2) is 35.0 Å². The number of benzene rings is 1. The third-order valence-corrected chi connectivity index (χ3v) is 10.8. The first kappa shape index (κ1) is 31.5. The first-order valence-corrected chi connectivity index (χ1v) is 16.1. The molecule has 4 unspecified atom stereocenters. The number of rotatable bonds is 11. The highest BCUT2D eigenvalue weighted by atomic mass is 35.5. The molecule has 1 fully saturated rings. The quantitative estimate of drug-likeness (QED) is 0.133. The van der Waals surface area contributed by atoms with Crippen LogP contribution in [0.5, 0.6) is 0 Å². The lowest BCUT2D eigenvalue weighted by Crippen LogP contribution is -2.70. The zero-order valence-corrected chi connectivity index (χ0v) is 25.6. The van der Waals surface area contributed by atoms with Crippen molar-refractivity contribution in [3.05, 3.63) is 45.0 Å². The summed E-state index contributed by atoms with van der Waals surface area (Å²) in [6.45, 7) is 1.40. The van der Waals surface area contributed by atoms with Crippen molar-refractivity contribution in [2.24, 2.45) is 5.73 Å². The fraction of sp³-hybridized carbons (Fsp3) is 0.304. The number of β-lactam (4-membered cyclic amide) rings is 1. The summed E-state index contributed by atoms with van der Waals surface area (Å²) in [6, 6.07) is 4.07. The lowest BCUT2D eigenvalue weighted by molar-refractivity contribution is -0.150. The van der Waals surface area contributed by atoms with Crippen LogP contribution in [-0.2, 0) is 24.0 Å². The van der Waals surface area contributed by atoms with E-state index in [1.54, 1.807) is 18.2 Å². The zero-order chi connectivity index (χ0) is 30.0. The Balaban J connectivity index is 1.40. The molecule has 2 aliphatic heterocycles. The number of hydrogen-bond donors (Lipinski definition) is 5. The topological polar surface area (TPSA) is 192 Å². The van der Waals surface area contributed by atoms with Crippen molar-refractivity contribution >= 4 is 110 Å². The van der Waals surface area contributed by atoms with E-state index < -0.39 is 51.7 Å². The second-order valence-electron chi connectivity index (χ2n) is 8.51. The lowest BCUT2D eigenvalue weighted by atomic mass is 10.0. The van der Waals surface area contributed by atoms with Crippen molar-refractivity contribution in [3.63, 3.8) is 0 Å². The predicted octanol–water partition coefficient (Wildman–Crippen LogP) is 2.87. The minimum Gasteiger partial charge on any atom is -0.480 e. The molecule has 4 rings (SSSR count). The fourth-order valence-corrected chi connectivity index (χ4v) is 7.89. The Morgan fingerprint density at radius 2 is 1.98 bits per heavy atom. The molecule has 6 N–H and O–H groups in total. The molecule has 0 spiro atoms. The Morgan fingerprint density at radius 1 is 1.24 bits per heavy atom. The van der Waals surface area contributed by atoms with Gasteiger partial charge in [0.1, 0.15) is 27.7 Å². The van der Waals surface area contributed by atoms with Crippen LogP contribution >= 0.6 is 69.8 Å². The van der Waals surface area contributed by atoms with E-state index in [2.05, 4.69) is 15.6 Å². The Kier molecular flexibility index (Phi) is 10.2. The molecule has 12 nitrogen and oxygen atoms in total. The highest BCUT2D eigenvalue weighted by Crippen LogP contribution is 2.44. The number of carbonyl (C=O) groups is 5. The van der Waals surface area contributed by atoms with E-state index in [4.69, 9.17) is 34.0 Å². The van der Waals surface area contributed by atoms with E-state index in [1.165, 1.54) is 36.6 Å². The molecule has 0 aliphatic carbocycles. The Bertz CT molecular complexity index is 1460. The van der Waals surface area contributed by atoms with Crippen LogP contribution in [0.2, 0.25) is 10.0 Å². The number of carbonyl (C=O) groups excluding carboxylic acids is 3. The number of hydrogen-bond acceptors (Lipinski definition) is 11. The molecular formula is C23H21Cl2N5O7S4. The molecule has 41 heavy (non-hydrogen) atoms. The molecule has 1 aromatic heterocycles. The van der Waals surface area contributed by atoms with Crippen molar-refractivity contribution < 1.29 is 34.2 Å². The van der Waals surface area contributed by atoms with Gasteiger partial charge in [0.25, 0.3) is 11.8 Å². The molecule has 1 aromatic carbocycles. The molecule has 0 bridgehead atoms. The zero-order valence-electron chi connectivity index (χ0n) is 20.8. The SMILES string of the molecule is CC(SC(N)C(=O)Nc1ncc(C2=C(C(=O)O)N3C(=O)C(NC(=O)CSc4ccc(Cl)c(Cl)c4)C3SC2)s1)C(=O)O. The average molecular weight is 679 g/mol. The van der Waals surface area contributed by atoms with Crippen LogP contribution in [0.25, 0.3) is 5.57 Å². The van der Waals surface area contributed by atoms with E-state index in [0.717, 1.165) is 32.9 Å². The third-order valence-electron chi connectivity index (χ3n) is 5.74. The van der Waals surface area contributed by atoms with Crippen LogP contribution in [0.3, 0.4) is 0 Å². The summed E-state index contributed by atoms with van der Waals surface area (Å²) < 4.78 is 0. The van der Waals surface area contributed by atoms with Crippen LogP contribution in [0.4, 0.5) is 5.13 Å². The number of fused-ring (bicyclic) bond motifs is 1. The number of carboxylic acid groups (broad SMARTS) is 2. The molecule has 18 heteroatoms. The summed E-state index contributed by atoms with van der Waals surface area (Å²) in [5, 5.41) is 22.3. The molecule has 3 amide bonds. The molecule has 0 saturated carbocycles. The van der Waals surface area contributed by atoms with Crippen LogP contribution in [0.1, 0.15) is 11.8 Å². The number of aliphatic carboxylic acids is 2. The monoisotopic (exact) mass is 677 g/mol. The molecule has 2 aliphatic rings. The van der Waals surface area contributed by atoms with Crippen LogP contribution in [-0.4, -0.2) is 83.3 Å². The van der Waals surface area contributed by atoms with Gasteiger partial charge in [-0.15, -0.1) is 35.3 Å². The van der Waals surface area contributed by atoms with Crippen molar-refractivity contribution in [1.29, 1.82) is 0 Å². The standard InChI is InChI=1S/C23H21Cl2N5O7S4/c1-8(21(34)35)40-17(26)18(32)29-23-27-5-13(41-23)10-6-39-20-15(19(33)30(20)16(10)22(36)37)28-14(31)7-38-9-2-3-11(24)12(25)4-9/h2-5,8,15,17,20H,6-7,26H2,1H3,(H,28,31)(H,34,35)(H,36,37)(H,27,29,32). The van der Waals surface area contributed by atoms with E-state index in [9.17, 15) is 29.1 Å². The molecule has 0 radical (unpaired) electrons. The van der Waals surface area contributed by atoms with Gasteiger partial charge < -0.3 is 21.3 Å². The average Bonchev–Trinajstić information content (AvgIpc) is 3.39. The lowest BCUT2D eigenvalue weighted by Gasteiger charge is -2.49. The van der Waals surface area contributed by atoms with Gasteiger partial charge in [-0.05, 0) is 25.1 Å². The van der Waals surface area contributed by atoms with E-state index in [0.29, 0.717) is 20.5 Å². The van der Waals surface area contributed by atoms with Gasteiger partial charge in [-0.2, -0.15) is 0 Å². The first-order valence-electron chi connectivity index (χ1n) is 11.6. The molecule has 218 valence electrons. The van der Waals surface area contributed by atoms with Gasteiger partial charge >= 0.3 is 11.9 Å². The number of nitrogens with zero attached hydrogens (tertiary/aromatic N) is 2. The first-order chi connectivity index (χ1) is 19.4. The number of thiazole rings is 1. The van der Waals surface area contributed by atoms with E-state index >= 15 is 0 Å². The van der Waals surface area contributed by atoms with Crippen molar-refractivity contribution in [3.8, 4) is 0 Å². The molecular weight excluding hydrogens is 657 g/mol. The van der Waals surface area contributed by atoms with Crippen LogP contribution < -0.4 is 16.4 Å². The molecule has 2 aromatic rings. The Hall–Kier alpha value is -2.47. The molecule has 4 atom stereocenters. The van der Waals surface area contributed by atoms with Gasteiger partial charge in [0, 0.05) is 22.4 Å². The second kappa shape index (κ2) is 13.2. The molecule has 3 heterocycles. The van der Waals surface area contributed by atoms with Crippen molar-refractivity contribution in [2.75, 3.05) is 16.8 Å². The van der Waals surface area contributed by atoms with Gasteiger partial charge in [0.05, 0.1) is 20.7 Å². The predicted molar refractivity (Wildman–Crippen MR) is 160 cm³/mol. The number of nitrogens with one attached hydrogen (secondary N) is 2. The molecule has 1 saturated heterocycles. The van der Waals surface area contributed by atoms with Gasteiger partial charge in [0.15, 0.2) is 5.13 Å². The largest absolute Gasteiger partial charge is 0.480 e. The third kappa shape index (κ3) is 7.13. The summed E-state index contributed by atoms with van der Waals surface area (Å²) in [4.78, 5) is 67.5. The summed E-state index contributed by atoms with van der Waals surface area (Å²) >= 11 is 16.2. The maximum absolute atomic E-state index is 13.0. The number of nitrogens with two attached hydrogens (primary N) is 1. The van der Waals surface area contributed by atoms with Crippen LogP contribution in [0, 0.1) is 0 Å². The van der Waals surface area contributed by atoms with Crippen molar-refractivity contribution in [1.82, 2.24) is 15.2 Å². The summed E-state index contributed by atoms with van der Waals surface area (Å²) in [5.41, 5.74) is 5.88. The van der Waals surface area contributed by atoms with Gasteiger partial charge in [0.2, 0.25) is 5.91 Å². The summed E-state index contributed by atoms with van der Waals surface area (Å²) in [6.07, 6.45) is 1.38. The number of carboxylic acids is 2. The van der Waals surface area contributed by atoms with Crippen molar-refractivity contribution in [2.45, 2.75) is 33.9 Å². The maximum Gasteiger partial charge on any atom is 0.353 e. The normalized spacial score (nSPS) is 19.6.